The first kappa shape index (κ1) is 39.9. The number of rotatable bonds is 8. The van der Waals surface area contributed by atoms with Crippen LogP contribution in [-0.4, -0.2) is 120 Å². The second kappa shape index (κ2) is 18.7. The zero-order chi connectivity index (χ0) is 31.6. The van der Waals surface area contributed by atoms with E-state index in [9.17, 15) is 4.79 Å². The summed E-state index contributed by atoms with van der Waals surface area (Å²) in [6, 6.07) is 3.64. The molecule has 2 saturated heterocycles. The van der Waals surface area contributed by atoms with Gasteiger partial charge in [-0.1, -0.05) is 0 Å². The van der Waals surface area contributed by atoms with Crippen molar-refractivity contribution in [3.8, 4) is 11.5 Å². The summed E-state index contributed by atoms with van der Waals surface area (Å²) >= 11 is 0. The molecule has 2 aliphatic heterocycles. The fraction of sp³-hybridized carbons (Fsp3) is 0.621. The number of anilines is 4. The minimum atomic E-state index is -0.532. The Bertz CT molecular complexity index is 1190. The molecule has 2 aromatic heterocycles. The van der Waals surface area contributed by atoms with Crippen LogP contribution in [0.25, 0.3) is 0 Å². The van der Waals surface area contributed by atoms with Crippen molar-refractivity contribution in [3.05, 3.63) is 24.5 Å². The van der Waals surface area contributed by atoms with Gasteiger partial charge in [-0.2, -0.15) is 0 Å². The molecule has 2 aliphatic rings. The number of hydrogen-bond acceptors (Lipinski definition) is 13. The molecule has 5 N–H and O–H groups in total. The Kier molecular flexibility index (Phi) is 16.6. The Morgan fingerprint density at radius 2 is 1.40 bits per heavy atom. The number of methoxy groups -OCH3 is 4. The van der Waals surface area contributed by atoms with E-state index in [0.29, 0.717) is 56.3 Å². The van der Waals surface area contributed by atoms with Crippen LogP contribution in [0.1, 0.15) is 20.8 Å². The van der Waals surface area contributed by atoms with Gasteiger partial charge in [0.15, 0.2) is 0 Å². The topological polar surface area (TPSA) is 163 Å². The maximum Gasteiger partial charge on any atom is 0.410 e. The predicted molar refractivity (Wildman–Crippen MR) is 182 cm³/mol. The summed E-state index contributed by atoms with van der Waals surface area (Å²) in [7, 11) is 6.58. The highest BCUT2D eigenvalue weighted by Crippen LogP contribution is 2.31. The summed E-state index contributed by atoms with van der Waals surface area (Å²) < 4.78 is 26.8. The van der Waals surface area contributed by atoms with Gasteiger partial charge in [0.2, 0.25) is 0 Å². The number of nitrogens with one attached hydrogen (secondary N) is 1. The molecule has 0 aromatic carbocycles. The van der Waals surface area contributed by atoms with Crippen LogP contribution in [-0.2, 0) is 14.2 Å². The van der Waals surface area contributed by atoms with Crippen LogP contribution in [0.4, 0.5) is 27.8 Å². The van der Waals surface area contributed by atoms with Gasteiger partial charge in [0, 0.05) is 71.7 Å². The lowest BCUT2D eigenvalue weighted by molar-refractivity contribution is 0.00341. The monoisotopic (exact) mass is 676 g/mol. The fourth-order valence-electron chi connectivity index (χ4n) is 5.02. The molecule has 2 atom stereocenters. The highest BCUT2D eigenvalue weighted by molar-refractivity contribution is 5.85. The number of halogens is 2. The molecule has 0 bridgehead atoms. The Labute approximate surface area is 278 Å². The molecular formula is C29H50Cl2N8O6. The summed E-state index contributed by atoms with van der Waals surface area (Å²) in [6.45, 7) is 11.2. The Morgan fingerprint density at radius 3 is 1.89 bits per heavy atom. The van der Waals surface area contributed by atoms with E-state index in [2.05, 4.69) is 25.1 Å². The number of nitrogen functional groups attached to an aromatic ring is 2. The smallest absolute Gasteiger partial charge is 0.410 e. The molecule has 0 saturated carbocycles. The molecule has 2 aromatic rings. The number of aromatic nitrogens is 2. The molecular weight excluding hydrogens is 627 g/mol. The number of piperazine rings is 2. The Balaban J connectivity index is 0.000000451. The molecule has 4 rings (SSSR count). The molecule has 256 valence electrons. The highest BCUT2D eigenvalue weighted by Gasteiger charge is 2.34. The fourth-order valence-corrected chi connectivity index (χ4v) is 5.02. The first-order valence-corrected chi connectivity index (χ1v) is 14.3. The maximum atomic E-state index is 12.5. The molecule has 0 unspecified atom stereocenters. The molecule has 0 spiro atoms. The lowest BCUT2D eigenvalue weighted by atomic mass is 10.1. The van der Waals surface area contributed by atoms with Crippen LogP contribution in [0.5, 0.6) is 11.5 Å². The summed E-state index contributed by atoms with van der Waals surface area (Å²) in [6.07, 6.45) is 3.14. The van der Waals surface area contributed by atoms with Crippen molar-refractivity contribution in [3.63, 3.8) is 0 Å². The number of amides is 1. The summed E-state index contributed by atoms with van der Waals surface area (Å²) in [5.41, 5.74) is 12.7. The third-order valence-corrected chi connectivity index (χ3v) is 6.95. The number of nitrogens with zero attached hydrogens (tertiary/aromatic N) is 5. The van der Waals surface area contributed by atoms with Crippen molar-refractivity contribution >= 4 is 53.9 Å². The minimum absolute atomic E-state index is 0. The first-order chi connectivity index (χ1) is 20.5. The maximum absolute atomic E-state index is 12.5. The number of nitrogens with two attached hydrogens (primary N) is 2. The van der Waals surface area contributed by atoms with E-state index >= 15 is 0 Å². The quantitative estimate of drug-likeness (QED) is 0.374. The van der Waals surface area contributed by atoms with Crippen LogP contribution < -0.4 is 36.1 Å². The lowest BCUT2D eigenvalue weighted by Crippen LogP contribution is -2.57. The summed E-state index contributed by atoms with van der Waals surface area (Å²) in [5.74, 6) is 2.30. The Morgan fingerprint density at radius 1 is 0.867 bits per heavy atom. The van der Waals surface area contributed by atoms with Crippen LogP contribution in [0.3, 0.4) is 0 Å². The molecule has 45 heavy (non-hydrogen) atoms. The van der Waals surface area contributed by atoms with E-state index in [1.54, 1.807) is 57.9 Å². The van der Waals surface area contributed by atoms with Crippen molar-refractivity contribution < 1.29 is 28.5 Å². The Hall–Kier alpha value is -3.17. The van der Waals surface area contributed by atoms with E-state index < -0.39 is 5.60 Å². The molecule has 4 heterocycles. The van der Waals surface area contributed by atoms with Gasteiger partial charge in [0.05, 0.1) is 57.2 Å². The van der Waals surface area contributed by atoms with Crippen LogP contribution >= 0.6 is 24.8 Å². The SMILES string of the molecule is COC[C@H]1CN(c2cnc(N)cc2OC)CCN1.COC[C@H]1CN(c2cnc(N)cc2OC)CCN1C(=O)OC(C)(C)C.Cl.Cl. The van der Waals surface area contributed by atoms with Crippen molar-refractivity contribution in [2.75, 3.05) is 102 Å². The van der Waals surface area contributed by atoms with E-state index in [1.165, 1.54) is 0 Å². The second-order valence-corrected chi connectivity index (χ2v) is 11.3. The standard InChI is InChI=1S/C17H28N4O4.C12H20N4O2.2ClH/c1-17(2,3)25-16(22)21-7-6-20(10-12(21)11-23-4)13-9-19-15(18)8-14(13)24-5;1-17-8-9-7-16(4-3-14-9)10-6-15-12(13)5-11(10)18-2;;/h8-9,12H,6-7,10-11H2,1-5H3,(H2,18,19);5-6,9,14H,3-4,7-8H2,1-2H3,(H2,13,15);2*1H/t12-;9-;;/m11../s1. The van der Waals surface area contributed by atoms with Crippen molar-refractivity contribution in [1.29, 1.82) is 0 Å². The molecule has 0 radical (unpaired) electrons. The molecule has 0 aliphatic carbocycles. The number of ether oxygens (including phenoxy) is 5. The van der Waals surface area contributed by atoms with Crippen LogP contribution in [0.2, 0.25) is 0 Å². The zero-order valence-electron chi connectivity index (χ0n) is 27.3. The normalized spacial score (nSPS) is 18.1. The van der Waals surface area contributed by atoms with Crippen molar-refractivity contribution in [1.82, 2.24) is 20.2 Å². The average molecular weight is 678 g/mol. The number of carbonyl (C=O) groups excluding carboxylic acids is 1. The van der Waals surface area contributed by atoms with E-state index in [1.807, 2.05) is 20.8 Å². The van der Waals surface area contributed by atoms with Crippen LogP contribution in [0.15, 0.2) is 24.5 Å². The van der Waals surface area contributed by atoms with Crippen molar-refractivity contribution in [2.45, 2.75) is 38.5 Å². The molecule has 16 heteroatoms. The number of carbonyl (C=O) groups is 1. The lowest BCUT2D eigenvalue weighted by Gasteiger charge is -2.42. The largest absolute Gasteiger partial charge is 0.494 e. The molecule has 14 nitrogen and oxygen atoms in total. The molecule has 2 fully saturated rings. The zero-order valence-corrected chi connectivity index (χ0v) is 28.9. The van der Waals surface area contributed by atoms with Crippen molar-refractivity contribution in [2.24, 2.45) is 0 Å². The van der Waals surface area contributed by atoms with E-state index in [-0.39, 0.29) is 36.9 Å². The van der Waals surface area contributed by atoms with Gasteiger partial charge in [-0.25, -0.2) is 14.8 Å². The predicted octanol–water partition coefficient (Wildman–Crippen LogP) is 2.69. The molecule has 1 amide bonds. The third kappa shape index (κ3) is 11.6. The highest BCUT2D eigenvalue weighted by atomic mass is 35.5. The van der Waals surface area contributed by atoms with Gasteiger partial charge in [-0.05, 0) is 20.8 Å². The average Bonchev–Trinajstić information content (AvgIpc) is 2.97. The van der Waals surface area contributed by atoms with Gasteiger partial charge in [0.1, 0.15) is 28.7 Å². The van der Waals surface area contributed by atoms with E-state index in [4.69, 9.17) is 35.2 Å². The van der Waals surface area contributed by atoms with Gasteiger partial charge >= 0.3 is 6.09 Å². The third-order valence-electron chi connectivity index (χ3n) is 6.95. The van der Waals surface area contributed by atoms with Gasteiger partial charge in [-0.3, -0.25) is 4.90 Å². The van der Waals surface area contributed by atoms with E-state index in [0.717, 1.165) is 36.8 Å². The minimum Gasteiger partial charge on any atom is -0.494 e. The van der Waals surface area contributed by atoms with Gasteiger partial charge in [-0.15, -0.1) is 24.8 Å². The summed E-state index contributed by atoms with van der Waals surface area (Å²) in [5, 5.41) is 3.42. The van der Waals surface area contributed by atoms with Gasteiger partial charge < -0.3 is 50.3 Å². The first-order valence-electron chi connectivity index (χ1n) is 14.3. The van der Waals surface area contributed by atoms with Gasteiger partial charge in [0.25, 0.3) is 0 Å². The number of pyridine rings is 2. The number of hydrogen-bond donors (Lipinski definition) is 3. The summed E-state index contributed by atoms with van der Waals surface area (Å²) in [4.78, 5) is 26.9. The second-order valence-electron chi connectivity index (χ2n) is 11.3. The van der Waals surface area contributed by atoms with Crippen LogP contribution in [0, 0.1) is 0 Å².